The average molecular weight is 295 g/mol. The molecule has 0 radical (unpaired) electrons. The van der Waals surface area contributed by atoms with Crippen LogP contribution in [-0.2, 0) is 13.0 Å². The molecule has 0 saturated carbocycles. The third-order valence-corrected chi connectivity index (χ3v) is 2.98. The molecule has 3 aromatic rings. The summed E-state index contributed by atoms with van der Waals surface area (Å²) in [6.07, 6.45) is 3.31. The Bertz CT molecular complexity index is 711. The third kappa shape index (κ3) is 2.18. The van der Waals surface area contributed by atoms with Crippen LogP contribution in [0.3, 0.4) is 0 Å². The molecule has 0 saturated heterocycles. The standard InChI is InChI=1S/C11H11ClN6O2/c1-19-11-9-10(13-5-14-11)18(8(16-9)2-3-12)4-7-15-6-20-17-7/h5-6H,2-4H2,1H3. The number of imidazole rings is 1. The van der Waals surface area contributed by atoms with Gasteiger partial charge >= 0.3 is 0 Å². The molecular formula is C11H11ClN6O2. The maximum atomic E-state index is 5.82. The largest absolute Gasteiger partial charge is 0.479 e. The van der Waals surface area contributed by atoms with E-state index in [0.29, 0.717) is 41.7 Å². The van der Waals surface area contributed by atoms with Gasteiger partial charge in [-0.05, 0) is 0 Å². The van der Waals surface area contributed by atoms with Crippen LogP contribution in [0.15, 0.2) is 17.2 Å². The Morgan fingerprint density at radius 3 is 2.95 bits per heavy atom. The van der Waals surface area contributed by atoms with Gasteiger partial charge in [-0.1, -0.05) is 5.16 Å². The predicted molar refractivity (Wildman–Crippen MR) is 69.7 cm³/mol. The van der Waals surface area contributed by atoms with E-state index in [9.17, 15) is 0 Å². The minimum Gasteiger partial charge on any atom is -0.479 e. The van der Waals surface area contributed by atoms with Crippen LogP contribution < -0.4 is 4.74 Å². The second-order valence-electron chi connectivity index (χ2n) is 3.96. The first-order valence-corrected chi connectivity index (χ1v) is 6.42. The maximum Gasteiger partial charge on any atom is 0.245 e. The van der Waals surface area contributed by atoms with Crippen LogP contribution in [0.25, 0.3) is 11.2 Å². The Balaban J connectivity index is 2.13. The molecule has 3 rings (SSSR count). The van der Waals surface area contributed by atoms with Crippen molar-refractivity contribution >= 4 is 22.8 Å². The number of hydrogen-bond donors (Lipinski definition) is 0. The molecule has 0 aliphatic heterocycles. The van der Waals surface area contributed by atoms with E-state index in [4.69, 9.17) is 20.9 Å². The Morgan fingerprint density at radius 2 is 2.25 bits per heavy atom. The van der Waals surface area contributed by atoms with Crippen LogP contribution in [0.5, 0.6) is 5.88 Å². The number of methoxy groups -OCH3 is 1. The molecule has 0 spiro atoms. The molecule has 20 heavy (non-hydrogen) atoms. The summed E-state index contributed by atoms with van der Waals surface area (Å²) in [7, 11) is 1.54. The highest BCUT2D eigenvalue weighted by Gasteiger charge is 2.17. The fourth-order valence-electron chi connectivity index (χ4n) is 1.96. The van der Waals surface area contributed by atoms with Gasteiger partial charge in [0, 0.05) is 12.3 Å². The first kappa shape index (κ1) is 12.8. The van der Waals surface area contributed by atoms with E-state index >= 15 is 0 Å². The highest BCUT2D eigenvalue weighted by Crippen LogP contribution is 2.22. The minimum atomic E-state index is 0.402. The Labute approximate surface area is 118 Å². The van der Waals surface area contributed by atoms with Crippen molar-refractivity contribution < 1.29 is 9.26 Å². The number of fused-ring (bicyclic) bond motifs is 1. The fraction of sp³-hybridized carbons (Fsp3) is 0.364. The van der Waals surface area contributed by atoms with E-state index in [1.54, 1.807) is 7.11 Å². The smallest absolute Gasteiger partial charge is 0.245 e. The van der Waals surface area contributed by atoms with Crippen LogP contribution in [0.2, 0.25) is 0 Å². The summed E-state index contributed by atoms with van der Waals surface area (Å²) >= 11 is 5.82. The molecule has 9 heteroatoms. The first-order valence-electron chi connectivity index (χ1n) is 5.88. The molecule has 0 unspecified atom stereocenters. The van der Waals surface area contributed by atoms with Gasteiger partial charge < -0.3 is 13.8 Å². The van der Waals surface area contributed by atoms with Crippen molar-refractivity contribution in [1.29, 1.82) is 0 Å². The van der Waals surface area contributed by atoms with Crippen molar-refractivity contribution in [3.8, 4) is 5.88 Å². The lowest BCUT2D eigenvalue weighted by Gasteiger charge is -2.04. The van der Waals surface area contributed by atoms with Gasteiger partial charge in [-0.3, -0.25) is 0 Å². The number of ether oxygens (including phenoxy) is 1. The van der Waals surface area contributed by atoms with Crippen LogP contribution in [-0.4, -0.2) is 42.6 Å². The van der Waals surface area contributed by atoms with Crippen molar-refractivity contribution in [1.82, 2.24) is 29.7 Å². The molecule has 3 heterocycles. The normalized spacial score (nSPS) is 11.1. The number of rotatable bonds is 5. The van der Waals surface area contributed by atoms with Gasteiger partial charge in [-0.2, -0.15) is 9.97 Å². The molecule has 3 aromatic heterocycles. The second-order valence-corrected chi connectivity index (χ2v) is 4.33. The summed E-state index contributed by atoms with van der Waals surface area (Å²) in [6.45, 7) is 0.402. The Hall–Kier alpha value is -2.22. The van der Waals surface area contributed by atoms with Crippen LogP contribution in [0.1, 0.15) is 11.6 Å². The number of halogens is 1. The zero-order chi connectivity index (χ0) is 13.9. The number of nitrogens with zero attached hydrogens (tertiary/aromatic N) is 6. The predicted octanol–water partition coefficient (Wildman–Crippen LogP) is 1.05. The van der Waals surface area contributed by atoms with Crippen molar-refractivity contribution in [2.45, 2.75) is 13.0 Å². The molecule has 0 atom stereocenters. The number of aryl methyl sites for hydroxylation is 1. The number of alkyl halides is 1. The van der Waals surface area contributed by atoms with Gasteiger partial charge in [0.05, 0.1) is 13.7 Å². The van der Waals surface area contributed by atoms with Gasteiger partial charge in [0.15, 0.2) is 17.0 Å². The lowest BCUT2D eigenvalue weighted by atomic mass is 10.4. The van der Waals surface area contributed by atoms with Gasteiger partial charge in [-0.15, -0.1) is 11.6 Å². The molecule has 0 aliphatic rings. The summed E-state index contributed by atoms with van der Waals surface area (Å²) in [5.41, 5.74) is 1.25. The fourth-order valence-corrected chi connectivity index (χ4v) is 2.12. The number of aromatic nitrogens is 6. The van der Waals surface area contributed by atoms with E-state index in [2.05, 4.69) is 25.1 Å². The van der Waals surface area contributed by atoms with E-state index < -0.39 is 0 Å². The molecule has 0 amide bonds. The summed E-state index contributed by atoms with van der Waals surface area (Å²) < 4.78 is 11.8. The minimum absolute atomic E-state index is 0.402. The molecule has 0 N–H and O–H groups in total. The molecule has 104 valence electrons. The van der Waals surface area contributed by atoms with Gasteiger partial charge in [0.2, 0.25) is 12.3 Å². The molecule has 8 nitrogen and oxygen atoms in total. The highest BCUT2D eigenvalue weighted by atomic mass is 35.5. The average Bonchev–Trinajstić information content (AvgIpc) is 3.08. The highest BCUT2D eigenvalue weighted by molar-refractivity contribution is 6.17. The Morgan fingerprint density at radius 1 is 1.35 bits per heavy atom. The topological polar surface area (TPSA) is 91.8 Å². The summed E-state index contributed by atoms with van der Waals surface area (Å²) in [4.78, 5) is 16.8. The van der Waals surface area contributed by atoms with E-state index in [-0.39, 0.29) is 0 Å². The zero-order valence-electron chi connectivity index (χ0n) is 10.7. The first-order chi connectivity index (χ1) is 9.83. The molecule has 0 aromatic carbocycles. The molecule has 0 bridgehead atoms. The molecule has 0 fully saturated rings. The van der Waals surface area contributed by atoms with Crippen molar-refractivity contribution in [2.75, 3.05) is 13.0 Å². The van der Waals surface area contributed by atoms with E-state index in [1.165, 1.54) is 12.7 Å². The maximum absolute atomic E-state index is 5.82. The van der Waals surface area contributed by atoms with Gasteiger partial charge in [0.1, 0.15) is 12.2 Å². The lowest BCUT2D eigenvalue weighted by Crippen LogP contribution is -2.08. The van der Waals surface area contributed by atoms with E-state index in [0.717, 1.165) is 5.82 Å². The van der Waals surface area contributed by atoms with Gasteiger partial charge in [-0.25, -0.2) is 9.97 Å². The van der Waals surface area contributed by atoms with E-state index in [1.807, 2.05) is 4.57 Å². The molecule has 0 aliphatic carbocycles. The molecular weight excluding hydrogens is 284 g/mol. The van der Waals surface area contributed by atoms with Crippen molar-refractivity contribution in [2.24, 2.45) is 0 Å². The monoisotopic (exact) mass is 294 g/mol. The van der Waals surface area contributed by atoms with Crippen LogP contribution in [0, 0.1) is 0 Å². The lowest BCUT2D eigenvalue weighted by molar-refractivity contribution is 0.401. The zero-order valence-corrected chi connectivity index (χ0v) is 11.4. The SMILES string of the molecule is COc1ncnc2c1nc(CCCl)n2Cc1ncon1. The second kappa shape index (κ2) is 5.41. The Kier molecular flexibility index (Phi) is 3.46. The van der Waals surface area contributed by atoms with Crippen molar-refractivity contribution in [3.05, 3.63) is 24.4 Å². The third-order valence-electron chi connectivity index (χ3n) is 2.80. The summed E-state index contributed by atoms with van der Waals surface area (Å²) in [5.74, 6) is 2.19. The van der Waals surface area contributed by atoms with Gasteiger partial charge in [0.25, 0.3) is 0 Å². The van der Waals surface area contributed by atoms with Crippen LogP contribution in [0.4, 0.5) is 0 Å². The summed E-state index contributed by atoms with van der Waals surface area (Å²) in [6, 6.07) is 0. The van der Waals surface area contributed by atoms with Crippen molar-refractivity contribution in [3.63, 3.8) is 0 Å². The quantitative estimate of drug-likeness (QED) is 0.649. The summed E-state index contributed by atoms with van der Waals surface area (Å²) in [5, 5.41) is 3.80. The number of hydrogen-bond acceptors (Lipinski definition) is 7. The van der Waals surface area contributed by atoms with Crippen LogP contribution >= 0.6 is 11.6 Å².